The second-order valence-electron chi connectivity index (χ2n) is 6.58. The molecule has 0 aliphatic carbocycles. The fraction of sp³-hybridized carbons (Fsp3) is 0.412. The number of hydrogen-bond donors (Lipinski definition) is 2. The van der Waals surface area contributed by atoms with Gasteiger partial charge in [-0.2, -0.15) is 4.31 Å². The van der Waals surface area contributed by atoms with E-state index in [4.69, 9.17) is 0 Å². The zero-order chi connectivity index (χ0) is 19.9. The van der Waals surface area contributed by atoms with Gasteiger partial charge in [-0.05, 0) is 6.07 Å². The zero-order valence-corrected chi connectivity index (χ0v) is 15.8. The highest BCUT2D eigenvalue weighted by molar-refractivity contribution is 7.88. The third-order valence-electron chi connectivity index (χ3n) is 4.96. The van der Waals surface area contributed by atoms with Crippen LogP contribution in [0.4, 0.5) is 0 Å². The number of aromatic nitrogens is 1. The minimum atomic E-state index is -3.35. The monoisotopic (exact) mass is 395 g/mol. The molecule has 1 aliphatic rings. The van der Waals surface area contributed by atoms with E-state index in [0.717, 1.165) is 6.26 Å². The first-order chi connectivity index (χ1) is 12.6. The van der Waals surface area contributed by atoms with Gasteiger partial charge in [-0.1, -0.05) is 18.2 Å². The average Bonchev–Trinajstić information content (AvgIpc) is 2.88. The Hall–Kier alpha value is -2.43. The summed E-state index contributed by atoms with van der Waals surface area (Å²) in [5, 5.41) is 20.2. The van der Waals surface area contributed by atoms with Gasteiger partial charge < -0.3 is 14.8 Å². The van der Waals surface area contributed by atoms with Crippen molar-refractivity contribution in [3.8, 4) is 0 Å². The molecule has 1 atom stereocenters. The molecular formula is C17H21N3O6S. The molecule has 1 aromatic heterocycles. The van der Waals surface area contributed by atoms with Crippen LogP contribution in [-0.2, 0) is 21.9 Å². The maximum Gasteiger partial charge on any atom is 0.352 e. The summed E-state index contributed by atoms with van der Waals surface area (Å²) >= 11 is 0. The van der Waals surface area contributed by atoms with Crippen LogP contribution in [0.25, 0.3) is 10.9 Å². The molecule has 27 heavy (non-hydrogen) atoms. The van der Waals surface area contributed by atoms with Crippen molar-refractivity contribution in [1.29, 1.82) is 0 Å². The third-order valence-corrected chi connectivity index (χ3v) is 6.27. The molecule has 2 aromatic rings. The van der Waals surface area contributed by atoms with E-state index in [1.54, 1.807) is 36.2 Å². The van der Waals surface area contributed by atoms with Gasteiger partial charge in [0.05, 0.1) is 6.26 Å². The molecule has 10 heteroatoms. The number of carbonyl (C=O) groups is 2. The van der Waals surface area contributed by atoms with E-state index in [2.05, 4.69) is 0 Å². The second-order valence-corrected chi connectivity index (χ2v) is 8.56. The molecular weight excluding hydrogens is 374 g/mol. The molecule has 0 spiro atoms. The number of fused-ring (bicyclic) bond motifs is 1. The van der Waals surface area contributed by atoms with Crippen LogP contribution < -0.4 is 0 Å². The number of carboxylic acids is 2. The Balaban J connectivity index is 2.08. The predicted molar refractivity (Wildman–Crippen MR) is 98.2 cm³/mol. The van der Waals surface area contributed by atoms with E-state index < -0.39 is 28.0 Å². The van der Waals surface area contributed by atoms with Gasteiger partial charge in [-0.25, -0.2) is 13.2 Å². The van der Waals surface area contributed by atoms with Crippen LogP contribution in [0.5, 0.6) is 0 Å². The van der Waals surface area contributed by atoms with Gasteiger partial charge >= 0.3 is 11.9 Å². The van der Waals surface area contributed by atoms with Crippen LogP contribution in [0.1, 0.15) is 22.1 Å². The minimum absolute atomic E-state index is 0.0749. The first kappa shape index (κ1) is 19.3. The number of carboxylic acid groups (broad SMARTS) is 2. The molecule has 1 fully saturated rings. The standard InChI is InChI=1S/C17H21N3O6S/c1-18-12-6-4-3-5-11(12)13(14(18)16(21)22)15(17(23)24)19-7-9-20(10-8-19)27(2,25)26/h3-6,15H,7-10H2,1-2H3,(H,21,22)(H,23,24)/t15-/m1/s1. The van der Waals surface area contributed by atoms with Gasteiger partial charge in [0.15, 0.2) is 0 Å². The van der Waals surface area contributed by atoms with Crippen LogP contribution in [0.2, 0.25) is 0 Å². The normalized spacial score (nSPS) is 17.9. The van der Waals surface area contributed by atoms with Gasteiger partial charge in [0.25, 0.3) is 0 Å². The smallest absolute Gasteiger partial charge is 0.352 e. The predicted octanol–water partition coefficient (Wildman–Crippen LogP) is 0.579. The quantitative estimate of drug-likeness (QED) is 0.760. The van der Waals surface area contributed by atoms with Crippen LogP contribution in [0, 0.1) is 0 Å². The van der Waals surface area contributed by atoms with Gasteiger partial charge in [0.1, 0.15) is 11.7 Å². The Morgan fingerprint density at radius 2 is 1.67 bits per heavy atom. The second kappa shape index (κ2) is 6.95. The molecule has 0 saturated carbocycles. The van der Waals surface area contributed by atoms with Crippen molar-refractivity contribution < 1.29 is 28.2 Å². The Labute approximate surface area is 156 Å². The topological polar surface area (TPSA) is 120 Å². The van der Waals surface area contributed by atoms with Gasteiger partial charge in [0, 0.05) is 49.7 Å². The van der Waals surface area contributed by atoms with Gasteiger partial charge in [-0.15, -0.1) is 0 Å². The molecule has 9 nitrogen and oxygen atoms in total. The number of hydrogen-bond acceptors (Lipinski definition) is 5. The van der Waals surface area contributed by atoms with Crippen molar-refractivity contribution in [2.45, 2.75) is 6.04 Å². The molecule has 1 saturated heterocycles. The summed E-state index contributed by atoms with van der Waals surface area (Å²) in [7, 11) is -1.76. The van der Waals surface area contributed by atoms with E-state index in [0.29, 0.717) is 10.9 Å². The first-order valence-electron chi connectivity index (χ1n) is 8.35. The summed E-state index contributed by atoms with van der Waals surface area (Å²) in [5.74, 6) is -2.37. The summed E-state index contributed by atoms with van der Waals surface area (Å²) in [5.41, 5.74) is 0.779. The SMILES string of the molecule is Cn1c(C(=O)O)c([C@H](C(=O)O)N2CCN(S(C)(=O)=O)CC2)c2ccccc21. The van der Waals surface area contributed by atoms with Crippen molar-refractivity contribution >= 4 is 32.9 Å². The molecule has 1 aliphatic heterocycles. The maximum absolute atomic E-state index is 12.1. The summed E-state index contributed by atoms with van der Waals surface area (Å²) in [6.07, 6.45) is 1.12. The molecule has 1 aromatic carbocycles. The summed E-state index contributed by atoms with van der Waals surface area (Å²) in [6.45, 7) is 0.726. The molecule has 0 bridgehead atoms. The highest BCUT2D eigenvalue weighted by Crippen LogP contribution is 2.34. The fourth-order valence-electron chi connectivity index (χ4n) is 3.71. The lowest BCUT2D eigenvalue weighted by Crippen LogP contribution is -2.50. The Morgan fingerprint density at radius 3 is 2.19 bits per heavy atom. The summed E-state index contributed by atoms with van der Waals surface area (Å²) < 4.78 is 26.2. The number of para-hydroxylation sites is 1. The van der Waals surface area contributed by atoms with Crippen LogP contribution in [0.3, 0.4) is 0 Å². The van der Waals surface area contributed by atoms with Gasteiger partial charge in [-0.3, -0.25) is 9.69 Å². The lowest BCUT2D eigenvalue weighted by Gasteiger charge is -2.36. The third kappa shape index (κ3) is 3.43. The zero-order valence-electron chi connectivity index (χ0n) is 15.0. The lowest BCUT2D eigenvalue weighted by molar-refractivity contribution is -0.144. The molecule has 2 heterocycles. The maximum atomic E-state index is 12.1. The van der Waals surface area contributed by atoms with E-state index in [1.807, 2.05) is 0 Å². The number of aryl methyl sites for hydroxylation is 1. The minimum Gasteiger partial charge on any atom is -0.480 e. The Kier molecular flexibility index (Phi) is 4.98. The van der Waals surface area contributed by atoms with Crippen molar-refractivity contribution in [3.63, 3.8) is 0 Å². The summed E-state index contributed by atoms with van der Waals surface area (Å²) in [4.78, 5) is 25.6. The molecule has 2 N–H and O–H groups in total. The number of rotatable bonds is 5. The molecule has 0 radical (unpaired) electrons. The number of benzene rings is 1. The molecule has 146 valence electrons. The van der Waals surface area contributed by atoms with E-state index in [9.17, 15) is 28.2 Å². The number of aliphatic carboxylic acids is 1. The molecule has 0 amide bonds. The molecule has 3 rings (SSSR count). The van der Waals surface area contributed by atoms with E-state index in [-0.39, 0.29) is 37.4 Å². The summed E-state index contributed by atoms with van der Waals surface area (Å²) in [6, 6.07) is 5.77. The first-order valence-corrected chi connectivity index (χ1v) is 10.2. The van der Waals surface area contributed by atoms with Crippen LogP contribution in [-0.4, -0.2) is 76.8 Å². The number of sulfonamides is 1. The Morgan fingerprint density at radius 1 is 1.07 bits per heavy atom. The van der Waals surface area contributed by atoms with Crippen molar-refractivity contribution in [2.24, 2.45) is 7.05 Å². The van der Waals surface area contributed by atoms with Gasteiger partial charge in [0.2, 0.25) is 10.0 Å². The van der Waals surface area contributed by atoms with Crippen molar-refractivity contribution in [1.82, 2.24) is 13.8 Å². The molecule has 0 unspecified atom stereocenters. The highest BCUT2D eigenvalue weighted by Gasteiger charge is 2.37. The number of aromatic carboxylic acids is 1. The van der Waals surface area contributed by atoms with Crippen molar-refractivity contribution in [3.05, 3.63) is 35.5 Å². The highest BCUT2D eigenvalue weighted by atomic mass is 32.2. The fourth-order valence-corrected chi connectivity index (χ4v) is 4.54. The largest absolute Gasteiger partial charge is 0.480 e. The van der Waals surface area contributed by atoms with E-state index in [1.165, 1.54) is 8.87 Å². The lowest BCUT2D eigenvalue weighted by atomic mass is 10.0. The Bertz CT molecular complexity index is 1010. The van der Waals surface area contributed by atoms with E-state index >= 15 is 0 Å². The number of piperazine rings is 1. The van der Waals surface area contributed by atoms with Crippen molar-refractivity contribution in [2.75, 3.05) is 32.4 Å². The average molecular weight is 395 g/mol. The number of nitrogens with zero attached hydrogens (tertiary/aromatic N) is 3. The van der Waals surface area contributed by atoms with Crippen LogP contribution >= 0.6 is 0 Å². The van der Waals surface area contributed by atoms with Crippen LogP contribution in [0.15, 0.2) is 24.3 Å².